The number of nitrogens with one attached hydrogen (secondary N) is 2. The molecule has 210 valence electrons. The number of hydrogen-bond donors (Lipinski definition) is 2. The van der Waals surface area contributed by atoms with Gasteiger partial charge in [-0.3, -0.25) is 4.79 Å². The quantitative estimate of drug-likeness (QED) is 0.372. The standard InChI is InChI=1S/C25H21ClF3N5O5S/c1-34(20-5-3-4-6-21(20)39-10-9-31-24(36)33-40(2,37)38)23(35)16-7-8-18(26)17(13-16)19-11-15(14-30)12-22(32-19)25(27,28)29/h3-8,11-13H,9-10H2,1-2H3,(H2,31,33,36). The van der Waals surface area contributed by atoms with Gasteiger partial charge in [0.05, 0.1) is 40.8 Å². The third-order valence-electron chi connectivity index (χ3n) is 5.19. The molecule has 0 aliphatic carbocycles. The fourth-order valence-corrected chi connectivity index (χ4v) is 4.05. The number of rotatable bonds is 8. The second-order valence-electron chi connectivity index (χ2n) is 8.24. The Kier molecular flexibility index (Phi) is 9.23. The first-order valence-electron chi connectivity index (χ1n) is 11.2. The number of urea groups is 1. The number of pyridine rings is 1. The lowest BCUT2D eigenvalue weighted by Gasteiger charge is -2.21. The van der Waals surface area contributed by atoms with Gasteiger partial charge in [-0.15, -0.1) is 0 Å². The van der Waals surface area contributed by atoms with Crippen molar-refractivity contribution in [3.05, 3.63) is 76.4 Å². The predicted molar refractivity (Wildman–Crippen MR) is 140 cm³/mol. The van der Waals surface area contributed by atoms with Gasteiger partial charge < -0.3 is 15.0 Å². The molecule has 1 aromatic heterocycles. The Balaban J connectivity index is 1.83. The minimum Gasteiger partial charge on any atom is -0.490 e. The van der Waals surface area contributed by atoms with E-state index in [-0.39, 0.29) is 46.3 Å². The van der Waals surface area contributed by atoms with Crippen LogP contribution in [-0.4, -0.2) is 51.8 Å². The number of alkyl halides is 3. The molecular formula is C25H21ClF3N5O5S. The summed E-state index contributed by atoms with van der Waals surface area (Å²) in [5.41, 5.74) is -1.38. The highest BCUT2D eigenvalue weighted by atomic mass is 35.5. The van der Waals surface area contributed by atoms with E-state index < -0.39 is 33.8 Å². The third kappa shape index (κ3) is 7.84. The van der Waals surface area contributed by atoms with E-state index in [1.165, 1.54) is 30.1 Å². The van der Waals surface area contributed by atoms with E-state index in [0.29, 0.717) is 11.8 Å². The van der Waals surface area contributed by atoms with Gasteiger partial charge in [-0.25, -0.2) is 22.9 Å². The number of sulfonamides is 1. The van der Waals surface area contributed by atoms with E-state index in [9.17, 15) is 36.4 Å². The van der Waals surface area contributed by atoms with Crippen LogP contribution in [0.2, 0.25) is 5.02 Å². The number of nitriles is 1. The summed E-state index contributed by atoms with van der Waals surface area (Å²) in [6.07, 6.45) is -3.98. The topological polar surface area (TPSA) is 141 Å². The molecule has 0 saturated heterocycles. The number of aromatic nitrogens is 1. The van der Waals surface area contributed by atoms with Crippen molar-refractivity contribution in [3.63, 3.8) is 0 Å². The van der Waals surface area contributed by atoms with Crippen LogP contribution < -0.4 is 19.7 Å². The average Bonchev–Trinajstić information content (AvgIpc) is 2.89. The van der Waals surface area contributed by atoms with Crippen molar-refractivity contribution in [2.24, 2.45) is 0 Å². The maximum atomic E-state index is 13.3. The summed E-state index contributed by atoms with van der Waals surface area (Å²) in [5.74, 6) is -0.303. The number of hydrogen-bond acceptors (Lipinski definition) is 7. The normalized spacial score (nSPS) is 11.3. The molecule has 0 aliphatic rings. The molecule has 0 saturated carbocycles. The Labute approximate surface area is 232 Å². The molecule has 0 spiro atoms. The van der Waals surface area contributed by atoms with Crippen LogP contribution >= 0.6 is 11.6 Å². The monoisotopic (exact) mass is 595 g/mol. The summed E-state index contributed by atoms with van der Waals surface area (Å²) in [6, 6.07) is 12.9. The smallest absolute Gasteiger partial charge is 0.433 e. The van der Waals surface area contributed by atoms with Gasteiger partial charge in [0.1, 0.15) is 18.1 Å². The zero-order valence-corrected chi connectivity index (χ0v) is 22.5. The van der Waals surface area contributed by atoms with E-state index in [4.69, 9.17) is 16.3 Å². The molecule has 0 atom stereocenters. The lowest BCUT2D eigenvalue weighted by Crippen LogP contribution is -2.40. The highest BCUT2D eigenvalue weighted by molar-refractivity contribution is 7.89. The number of nitrogens with zero attached hydrogens (tertiary/aromatic N) is 3. The number of amides is 3. The number of para-hydroxylation sites is 2. The summed E-state index contributed by atoms with van der Waals surface area (Å²) in [5, 5.41) is 11.5. The van der Waals surface area contributed by atoms with Gasteiger partial charge in [-0.05, 0) is 42.5 Å². The Morgan fingerprint density at radius 1 is 1.15 bits per heavy atom. The molecule has 3 aromatic rings. The van der Waals surface area contributed by atoms with Gasteiger partial charge in [0.25, 0.3) is 5.91 Å². The minimum absolute atomic E-state index is 0.0195. The van der Waals surface area contributed by atoms with Crippen LogP contribution in [0.4, 0.5) is 23.7 Å². The van der Waals surface area contributed by atoms with Crippen molar-refractivity contribution >= 4 is 39.2 Å². The summed E-state index contributed by atoms with van der Waals surface area (Å²) < 4.78 is 69.6. The van der Waals surface area contributed by atoms with Crippen LogP contribution in [-0.2, 0) is 16.2 Å². The lowest BCUT2D eigenvalue weighted by atomic mass is 10.0. The fraction of sp³-hybridized carbons (Fsp3) is 0.200. The number of anilines is 1. The molecule has 2 aromatic carbocycles. The second-order valence-corrected chi connectivity index (χ2v) is 10.4. The van der Waals surface area contributed by atoms with Gasteiger partial charge in [0, 0.05) is 18.2 Å². The van der Waals surface area contributed by atoms with E-state index in [1.807, 2.05) is 0 Å². The largest absolute Gasteiger partial charge is 0.490 e. The highest BCUT2D eigenvalue weighted by Crippen LogP contribution is 2.34. The van der Waals surface area contributed by atoms with Crippen molar-refractivity contribution in [2.45, 2.75) is 6.18 Å². The predicted octanol–water partition coefficient (Wildman–Crippen LogP) is 4.21. The van der Waals surface area contributed by atoms with Crippen LogP contribution in [0.1, 0.15) is 21.6 Å². The Morgan fingerprint density at radius 3 is 2.50 bits per heavy atom. The van der Waals surface area contributed by atoms with Crippen molar-refractivity contribution in [2.75, 3.05) is 31.4 Å². The van der Waals surface area contributed by atoms with Crippen LogP contribution in [0.3, 0.4) is 0 Å². The van der Waals surface area contributed by atoms with Gasteiger partial charge in [0.15, 0.2) is 0 Å². The van der Waals surface area contributed by atoms with Gasteiger partial charge in [-0.1, -0.05) is 23.7 Å². The molecule has 3 rings (SSSR count). The van der Waals surface area contributed by atoms with E-state index >= 15 is 0 Å². The first-order valence-corrected chi connectivity index (χ1v) is 13.5. The molecule has 0 bridgehead atoms. The molecule has 15 heteroatoms. The summed E-state index contributed by atoms with van der Waals surface area (Å²) in [6.45, 7) is -0.119. The van der Waals surface area contributed by atoms with Gasteiger partial charge in [-0.2, -0.15) is 18.4 Å². The average molecular weight is 596 g/mol. The number of carbonyl (C=O) groups is 2. The Bertz CT molecular complexity index is 1590. The molecular weight excluding hydrogens is 575 g/mol. The number of benzene rings is 2. The zero-order valence-electron chi connectivity index (χ0n) is 20.9. The van der Waals surface area contributed by atoms with Crippen LogP contribution in [0.15, 0.2) is 54.6 Å². The summed E-state index contributed by atoms with van der Waals surface area (Å²) >= 11 is 6.23. The van der Waals surface area contributed by atoms with Gasteiger partial charge >= 0.3 is 12.2 Å². The molecule has 0 aliphatic heterocycles. The second kappa shape index (κ2) is 12.2. The van der Waals surface area contributed by atoms with Gasteiger partial charge in [0.2, 0.25) is 10.0 Å². The summed E-state index contributed by atoms with van der Waals surface area (Å²) in [7, 11) is -2.27. The molecule has 10 nitrogen and oxygen atoms in total. The molecule has 1 heterocycles. The van der Waals surface area contributed by atoms with Crippen LogP contribution in [0.5, 0.6) is 5.75 Å². The number of carbonyl (C=O) groups excluding carboxylic acids is 2. The maximum absolute atomic E-state index is 13.3. The number of halogens is 4. The molecule has 40 heavy (non-hydrogen) atoms. The Morgan fingerprint density at radius 2 is 1.85 bits per heavy atom. The zero-order chi connectivity index (χ0) is 29.7. The lowest BCUT2D eigenvalue weighted by molar-refractivity contribution is -0.141. The Hall–Kier alpha value is -4.35. The SMILES string of the molecule is CN(C(=O)c1ccc(Cl)c(-c2cc(C#N)cc(C(F)(F)F)n2)c1)c1ccccc1OCCNC(=O)NS(C)(=O)=O. The molecule has 3 amide bonds. The molecule has 2 N–H and O–H groups in total. The molecule has 0 fully saturated rings. The van der Waals surface area contributed by atoms with E-state index in [0.717, 1.165) is 12.3 Å². The fourth-order valence-electron chi connectivity index (χ4n) is 3.42. The first kappa shape index (κ1) is 30.2. The van der Waals surface area contributed by atoms with Crippen LogP contribution in [0, 0.1) is 11.3 Å². The molecule has 0 unspecified atom stereocenters. The summed E-state index contributed by atoms with van der Waals surface area (Å²) in [4.78, 5) is 29.7. The molecule has 0 radical (unpaired) electrons. The maximum Gasteiger partial charge on any atom is 0.433 e. The minimum atomic E-state index is -4.81. The van der Waals surface area contributed by atoms with Crippen molar-refractivity contribution in [1.29, 1.82) is 5.26 Å². The number of ether oxygens (including phenoxy) is 1. The van der Waals surface area contributed by atoms with E-state index in [2.05, 4.69) is 10.3 Å². The van der Waals surface area contributed by atoms with Crippen molar-refractivity contribution in [3.8, 4) is 23.1 Å². The van der Waals surface area contributed by atoms with Crippen molar-refractivity contribution < 1.29 is 35.9 Å². The first-order chi connectivity index (χ1) is 18.7. The highest BCUT2D eigenvalue weighted by Gasteiger charge is 2.33. The van der Waals surface area contributed by atoms with Crippen LogP contribution in [0.25, 0.3) is 11.3 Å². The van der Waals surface area contributed by atoms with E-state index in [1.54, 1.807) is 35.1 Å². The van der Waals surface area contributed by atoms with Crippen molar-refractivity contribution in [1.82, 2.24) is 15.0 Å². The third-order valence-corrected chi connectivity index (χ3v) is 6.07.